The second-order valence-electron chi connectivity index (χ2n) is 9.09. The van der Waals surface area contributed by atoms with Crippen molar-refractivity contribution in [1.29, 1.82) is 0 Å². The van der Waals surface area contributed by atoms with Gasteiger partial charge >= 0.3 is 5.69 Å². The van der Waals surface area contributed by atoms with E-state index in [1.54, 1.807) is 22.4 Å². The molecule has 1 aliphatic carbocycles. The third-order valence-corrected chi connectivity index (χ3v) is 6.29. The number of aryl methyl sites for hydroxylation is 1. The molecule has 0 spiro atoms. The van der Waals surface area contributed by atoms with Gasteiger partial charge in [-0.1, -0.05) is 50.2 Å². The second-order valence-corrected chi connectivity index (χ2v) is 9.09. The fourth-order valence-electron chi connectivity index (χ4n) is 4.15. The molecule has 0 atom stereocenters. The van der Waals surface area contributed by atoms with Crippen LogP contribution < -0.4 is 11.0 Å². The Hall–Kier alpha value is -3.41. The Morgan fingerprint density at radius 2 is 1.84 bits per heavy atom. The molecule has 0 amide bonds. The van der Waals surface area contributed by atoms with E-state index >= 15 is 0 Å². The molecule has 0 aliphatic heterocycles. The summed E-state index contributed by atoms with van der Waals surface area (Å²) in [6.45, 7) is 5.85. The first-order valence-corrected chi connectivity index (χ1v) is 11.4. The van der Waals surface area contributed by atoms with Crippen molar-refractivity contribution < 1.29 is 0 Å². The minimum atomic E-state index is -0.0838. The number of nitrogens with one attached hydrogen (secondary N) is 1. The normalized spacial score (nSPS) is 13.8. The van der Waals surface area contributed by atoms with Crippen LogP contribution in [-0.2, 0) is 13.6 Å². The highest BCUT2D eigenvalue weighted by molar-refractivity contribution is 5.74. The van der Waals surface area contributed by atoms with Crippen molar-refractivity contribution in [1.82, 2.24) is 19.1 Å². The van der Waals surface area contributed by atoms with E-state index in [0.29, 0.717) is 23.9 Å². The zero-order chi connectivity index (χ0) is 22.2. The Bertz CT molecular complexity index is 1310. The molecule has 6 nitrogen and oxygen atoms in total. The van der Waals surface area contributed by atoms with Crippen molar-refractivity contribution in [2.75, 3.05) is 11.9 Å². The number of fused-ring (bicyclic) bond motifs is 1. The first kappa shape index (κ1) is 20.5. The van der Waals surface area contributed by atoms with Crippen molar-refractivity contribution in [3.63, 3.8) is 0 Å². The van der Waals surface area contributed by atoms with Gasteiger partial charge in [-0.3, -0.25) is 9.13 Å². The third kappa shape index (κ3) is 3.93. The first-order valence-electron chi connectivity index (χ1n) is 11.4. The monoisotopic (exact) mass is 427 g/mol. The molecular formula is C26H29N5O. The summed E-state index contributed by atoms with van der Waals surface area (Å²) in [4.78, 5) is 22.5. The van der Waals surface area contributed by atoms with Gasteiger partial charge in [0.1, 0.15) is 5.52 Å². The summed E-state index contributed by atoms with van der Waals surface area (Å²) < 4.78 is 3.37. The third-order valence-electron chi connectivity index (χ3n) is 6.29. The fourth-order valence-corrected chi connectivity index (χ4v) is 4.15. The molecular weight excluding hydrogens is 398 g/mol. The van der Waals surface area contributed by atoms with E-state index in [1.165, 1.54) is 18.4 Å². The largest absolute Gasteiger partial charge is 0.385 e. The number of aromatic nitrogens is 4. The van der Waals surface area contributed by atoms with Gasteiger partial charge in [-0.2, -0.15) is 0 Å². The van der Waals surface area contributed by atoms with Crippen molar-refractivity contribution in [2.45, 2.75) is 39.2 Å². The lowest BCUT2D eigenvalue weighted by Crippen LogP contribution is -2.22. The Morgan fingerprint density at radius 1 is 1.09 bits per heavy atom. The quantitative estimate of drug-likeness (QED) is 0.461. The highest BCUT2D eigenvalue weighted by Gasteiger charge is 2.20. The number of benzene rings is 2. The fraction of sp³-hybridized carbons (Fsp3) is 0.346. The van der Waals surface area contributed by atoms with Crippen LogP contribution >= 0.6 is 0 Å². The zero-order valence-corrected chi connectivity index (χ0v) is 18.9. The van der Waals surface area contributed by atoms with Gasteiger partial charge in [0.2, 0.25) is 0 Å². The Labute approximate surface area is 188 Å². The maximum Gasteiger partial charge on any atom is 0.330 e. The van der Waals surface area contributed by atoms with Gasteiger partial charge in [0, 0.05) is 24.8 Å². The highest BCUT2D eigenvalue weighted by Crippen LogP contribution is 2.29. The Morgan fingerprint density at radius 3 is 2.56 bits per heavy atom. The van der Waals surface area contributed by atoms with Crippen LogP contribution in [0.3, 0.4) is 0 Å². The van der Waals surface area contributed by atoms with E-state index in [2.05, 4.69) is 60.5 Å². The van der Waals surface area contributed by atoms with Crippen LogP contribution in [0.5, 0.6) is 0 Å². The lowest BCUT2D eigenvalue weighted by Gasteiger charge is -2.12. The van der Waals surface area contributed by atoms with Gasteiger partial charge in [0.05, 0.1) is 12.7 Å². The minimum absolute atomic E-state index is 0.0838. The molecule has 2 heterocycles. The van der Waals surface area contributed by atoms with Crippen molar-refractivity contribution in [3.8, 4) is 11.4 Å². The van der Waals surface area contributed by atoms with Crippen LogP contribution in [0.15, 0.2) is 59.5 Å². The molecule has 6 heteroatoms. The molecule has 2 aromatic carbocycles. The van der Waals surface area contributed by atoms with E-state index < -0.39 is 0 Å². The summed E-state index contributed by atoms with van der Waals surface area (Å²) >= 11 is 0. The summed E-state index contributed by atoms with van der Waals surface area (Å²) in [6, 6.07) is 16.6. The summed E-state index contributed by atoms with van der Waals surface area (Å²) in [5, 5.41) is 3.49. The van der Waals surface area contributed by atoms with Crippen LogP contribution in [0.4, 0.5) is 5.69 Å². The predicted octanol–water partition coefficient (Wildman–Crippen LogP) is 4.79. The predicted molar refractivity (Wildman–Crippen MR) is 129 cm³/mol. The zero-order valence-electron chi connectivity index (χ0n) is 18.9. The molecule has 32 heavy (non-hydrogen) atoms. The van der Waals surface area contributed by atoms with E-state index in [0.717, 1.165) is 34.8 Å². The maximum absolute atomic E-state index is 13.0. The number of anilines is 1. The Kier molecular flexibility index (Phi) is 5.29. The number of imidazole rings is 1. The number of hydrogen-bond donors (Lipinski definition) is 1. The molecule has 0 saturated heterocycles. The van der Waals surface area contributed by atoms with Crippen molar-refractivity contribution in [2.24, 2.45) is 13.0 Å². The number of nitrogens with zero attached hydrogens (tertiary/aromatic N) is 4. The molecule has 1 aliphatic rings. The number of rotatable bonds is 7. The molecule has 0 unspecified atom stereocenters. The van der Waals surface area contributed by atoms with E-state index in [9.17, 15) is 4.79 Å². The molecule has 164 valence electrons. The minimum Gasteiger partial charge on any atom is -0.385 e. The summed E-state index contributed by atoms with van der Waals surface area (Å²) in [6.07, 6.45) is 4.43. The van der Waals surface area contributed by atoms with Crippen molar-refractivity contribution in [3.05, 3.63) is 76.3 Å². The first-order chi connectivity index (χ1) is 15.5. The molecule has 1 saturated carbocycles. The van der Waals surface area contributed by atoms with Crippen LogP contribution in [0.25, 0.3) is 22.6 Å². The van der Waals surface area contributed by atoms with Crippen LogP contribution in [0, 0.1) is 5.92 Å². The molecule has 5 rings (SSSR count). The molecule has 0 bridgehead atoms. The average molecular weight is 428 g/mol. The topological polar surface area (TPSA) is 64.7 Å². The summed E-state index contributed by atoms with van der Waals surface area (Å²) in [5.41, 5.74) is 5.73. The van der Waals surface area contributed by atoms with E-state index in [4.69, 9.17) is 4.98 Å². The Balaban J connectivity index is 1.49. The van der Waals surface area contributed by atoms with Gasteiger partial charge in [-0.25, -0.2) is 14.8 Å². The molecule has 1 N–H and O–H groups in total. The second kappa shape index (κ2) is 8.26. The van der Waals surface area contributed by atoms with Crippen LogP contribution in [-0.4, -0.2) is 25.6 Å². The number of hydrogen-bond acceptors (Lipinski definition) is 4. The smallest absolute Gasteiger partial charge is 0.330 e. The molecule has 4 aromatic rings. The molecule has 2 aromatic heterocycles. The van der Waals surface area contributed by atoms with Gasteiger partial charge < -0.3 is 5.32 Å². The molecule has 1 fully saturated rings. The summed E-state index contributed by atoms with van der Waals surface area (Å²) in [7, 11) is 1.77. The highest BCUT2D eigenvalue weighted by atomic mass is 16.1. The lowest BCUT2D eigenvalue weighted by atomic mass is 9.97. The van der Waals surface area contributed by atoms with Gasteiger partial charge in [0.25, 0.3) is 0 Å². The van der Waals surface area contributed by atoms with Gasteiger partial charge in [0.15, 0.2) is 11.5 Å². The van der Waals surface area contributed by atoms with E-state index in [1.807, 2.05) is 12.1 Å². The maximum atomic E-state index is 13.0. The van der Waals surface area contributed by atoms with Crippen LogP contribution in [0.1, 0.15) is 43.7 Å². The van der Waals surface area contributed by atoms with Crippen molar-refractivity contribution >= 4 is 16.9 Å². The van der Waals surface area contributed by atoms with Gasteiger partial charge in [-0.15, -0.1) is 0 Å². The van der Waals surface area contributed by atoms with E-state index in [-0.39, 0.29) is 5.69 Å². The molecule has 0 radical (unpaired) electrons. The SMILES string of the molecule is CC(C)c1ccccc1-c1ncc2c(n1)n(Cc1ccc(NCC3CC3)cc1)c(=O)n2C. The van der Waals surface area contributed by atoms with Crippen LogP contribution in [0.2, 0.25) is 0 Å². The standard InChI is InChI=1S/C26H29N5O/c1-17(2)21-6-4-5-7-22(21)24-28-15-23-25(29-24)31(26(32)30(23)3)16-19-10-12-20(13-11-19)27-14-18-8-9-18/h4-7,10-13,15,17-18,27H,8-9,14,16H2,1-3H3. The lowest BCUT2D eigenvalue weighted by molar-refractivity contribution is 0.731. The average Bonchev–Trinajstić information content (AvgIpc) is 3.62. The van der Waals surface area contributed by atoms with Gasteiger partial charge in [-0.05, 0) is 47.9 Å². The summed E-state index contributed by atoms with van der Waals surface area (Å²) in [5.74, 6) is 1.84.